The van der Waals surface area contributed by atoms with E-state index in [1.807, 2.05) is 42.5 Å². The molecule has 1 N–H and O–H groups in total. The second-order valence-corrected chi connectivity index (χ2v) is 9.26. The number of terminal acetylenes is 1. The van der Waals surface area contributed by atoms with Crippen molar-refractivity contribution in [3.63, 3.8) is 0 Å². The zero-order valence-corrected chi connectivity index (χ0v) is 22.6. The number of hydrogen-bond acceptors (Lipinski definition) is 7. The van der Waals surface area contributed by atoms with Crippen LogP contribution in [0.25, 0.3) is 6.08 Å². The molecule has 0 amide bonds. The van der Waals surface area contributed by atoms with Crippen LogP contribution in [0.2, 0.25) is 0 Å². The van der Waals surface area contributed by atoms with Crippen molar-refractivity contribution in [2.75, 3.05) is 6.61 Å². The molecule has 0 aromatic heterocycles. The van der Waals surface area contributed by atoms with E-state index in [0.29, 0.717) is 22.5 Å². The van der Waals surface area contributed by atoms with Gasteiger partial charge in [0.1, 0.15) is 6.61 Å². The van der Waals surface area contributed by atoms with Crippen LogP contribution in [0.15, 0.2) is 114 Å². The van der Waals surface area contributed by atoms with Gasteiger partial charge in [0.25, 0.3) is 5.69 Å². The molecular formula is C33H28N2O6. The fraction of sp³-hybridized carbons (Fsp3) is 0.152. The number of ether oxygens (including phenoxy) is 2. The Bertz CT molecular complexity index is 1580. The van der Waals surface area contributed by atoms with E-state index in [2.05, 4.69) is 11.2 Å². The number of nitrogens with one attached hydrogen (secondary N) is 1. The van der Waals surface area contributed by atoms with Crippen molar-refractivity contribution in [2.24, 2.45) is 0 Å². The summed E-state index contributed by atoms with van der Waals surface area (Å²) < 4.78 is 11.3. The van der Waals surface area contributed by atoms with E-state index in [1.54, 1.807) is 50.3 Å². The Hall–Kier alpha value is -5.42. The van der Waals surface area contributed by atoms with E-state index in [4.69, 9.17) is 15.9 Å². The second kappa shape index (κ2) is 13.1. The first-order valence-corrected chi connectivity index (χ1v) is 12.8. The van der Waals surface area contributed by atoms with Gasteiger partial charge < -0.3 is 14.8 Å². The highest BCUT2D eigenvalue weighted by Gasteiger charge is 2.39. The summed E-state index contributed by atoms with van der Waals surface area (Å²) in [6.45, 7) is 3.32. The van der Waals surface area contributed by atoms with Gasteiger partial charge in [0.05, 0.1) is 22.0 Å². The molecule has 2 unspecified atom stereocenters. The van der Waals surface area contributed by atoms with Gasteiger partial charge in [0.15, 0.2) is 6.10 Å². The van der Waals surface area contributed by atoms with Gasteiger partial charge >= 0.3 is 11.9 Å². The van der Waals surface area contributed by atoms with E-state index in [1.165, 1.54) is 18.2 Å². The van der Waals surface area contributed by atoms with Crippen molar-refractivity contribution >= 4 is 23.7 Å². The third kappa shape index (κ3) is 6.78. The van der Waals surface area contributed by atoms with E-state index in [9.17, 15) is 19.7 Å². The molecule has 206 valence electrons. The first-order chi connectivity index (χ1) is 19.8. The molecule has 3 aromatic rings. The Kier molecular flexibility index (Phi) is 9.13. The molecule has 0 radical (unpaired) electrons. The molecule has 41 heavy (non-hydrogen) atoms. The van der Waals surface area contributed by atoms with Crippen LogP contribution >= 0.6 is 0 Å². The van der Waals surface area contributed by atoms with Crippen LogP contribution < -0.4 is 5.32 Å². The summed E-state index contributed by atoms with van der Waals surface area (Å²) in [6.07, 6.45) is 8.24. The Labute approximate surface area is 238 Å². The summed E-state index contributed by atoms with van der Waals surface area (Å²) in [5.74, 6) is 0.0294. The van der Waals surface area contributed by atoms with Gasteiger partial charge in [-0.3, -0.25) is 10.1 Å². The van der Waals surface area contributed by atoms with Crippen LogP contribution in [0.1, 0.15) is 42.6 Å². The molecule has 1 heterocycles. The van der Waals surface area contributed by atoms with Gasteiger partial charge in [-0.1, -0.05) is 84.8 Å². The predicted octanol–water partition coefficient (Wildman–Crippen LogP) is 6.00. The van der Waals surface area contributed by atoms with Crippen LogP contribution in [0.4, 0.5) is 5.69 Å². The molecule has 0 saturated carbocycles. The van der Waals surface area contributed by atoms with Crippen molar-refractivity contribution in [1.82, 2.24) is 5.32 Å². The fourth-order valence-corrected chi connectivity index (χ4v) is 4.63. The molecule has 8 heteroatoms. The Balaban J connectivity index is 1.69. The van der Waals surface area contributed by atoms with Crippen LogP contribution in [-0.4, -0.2) is 23.5 Å². The number of dihydropyridines is 1. The van der Waals surface area contributed by atoms with Gasteiger partial charge in [-0.05, 0) is 31.1 Å². The third-order valence-electron chi connectivity index (χ3n) is 6.51. The zero-order valence-electron chi connectivity index (χ0n) is 22.6. The monoisotopic (exact) mass is 548 g/mol. The minimum Gasteiger partial charge on any atom is -0.458 e. The molecular weight excluding hydrogens is 520 g/mol. The number of hydrogen-bond donors (Lipinski definition) is 1. The lowest BCUT2D eigenvalue weighted by atomic mass is 9.80. The minimum absolute atomic E-state index is 0.0260. The Morgan fingerprint density at radius 3 is 2.24 bits per heavy atom. The van der Waals surface area contributed by atoms with Gasteiger partial charge in [0, 0.05) is 29.1 Å². The highest BCUT2D eigenvalue weighted by Crippen LogP contribution is 2.40. The largest absolute Gasteiger partial charge is 0.458 e. The number of carbonyl (C=O) groups is 2. The number of nitro groups is 1. The number of carbonyl (C=O) groups excluding carboxylic acids is 2. The standard InChI is InChI=1S/C33H28N2O6/c1-4-28(25-16-9-6-10-17-25)41-33(37)30-23(3)34-22(2)29(31(30)26-18-11-19-27(21-26)35(38)39)32(36)40-20-12-15-24-13-7-5-8-14-24/h1,5-19,21,28,31,34H,20H2,2-3H3. The Morgan fingerprint density at radius 2 is 1.61 bits per heavy atom. The van der Waals surface area contributed by atoms with E-state index in [-0.39, 0.29) is 23.4 Å². The summed E-state index contributed by atoms with van der Waals surface area (Å²) in [4.78, 5) is 38.3. The number of benzene rings is 3. The number of esters is 2. The maximum absolute atomic E-state index is 13.7. The van der Waals surface area contributed by atoms with Gasteiger partial charge in [0.2, 0.25) is 0 Å². The number of rotatable bonds is 9. The lowest BCUT2D eigenvalue weighted by molar-refractivity contribution is -0.384. The predicted molar refractivity (Wildman–Crippen MR) is 155 cm³/mol. The second-order valence-electron chi connectivity index (χ2n) is 9.26. The topological polar surface area (TPSA) is 108 Å². The van der Waals surface area contributed by atoms with E-state index < -0.39 is 28.9 Å². The molecule has 4 rings (SSSR count). The number of nitro benzene ring substituents is 1. The number of nitrogens with zero attached hydrogens (tertiary/aromatic N) is 1. The zero-order chi connectivity index (χ0) is 29.4. The normalized spacial score (nSPS) is 15.6. The lowest BCUT2D eigenvalue weighted by Crippen LogP contribution is -2.33. The smallest absolute Gasteiger partial charge is 0.338 e. The Morgan fingerprint density at radius 1 is 0.976 bits per heavy atom. The fourth-order valence-electron chi connectivity index (χ4n) is 4.63. The minimum atomic E-state index is -1.01. The molecule has 1 aliphatic rings. The molecule has 0 spiro atoms. The first kappa shape index (κ1) is 28.6. The first-order valence-electron chi connectivity index (χ1n) is 12.8. The van der Waals surface area contributed by atoms with Crippen LogP contribution in [-0.2, 0) is 19.1 Å². The van der Waals surface area contributed by atoms with E-state index in [0.717, 1.165) is 5.56 Å². The summed E-state index contributed by atoms with van der Waals surface area (Å²) in [5.41, 5.74) is 2.82. The highest BCUT2D eigenvalue weighted by molar-refractivity contribution is 6.00. The highest BCUT2D eigenvalue weighted by atomic mass is 16.6. The van der Waals surface area contributed by atoms with Gasteiger partial charge in [-0.15, -0.1) is 6.42 Å². The molecule has 1 aliphatic heterocycles. The molecule has 8 nitrogen and oxygen atoms in total. The lowest BCUT2D eigenvalue weighted by Gasteiger charge is -2.31. The van der Waals surface area contributed by atoms with Crippen LogP contribution in [0, 0.1) is 22.5 Å². The summed E-state index contributed by atoms with van der Waals surface area (Å²) in [5, 5.41) is 14.7. The maximum atomic E-state index is 13.7. The molecule has 3 aromatic carbocycles. The van der Waals surface area contributed by atoms with Crippen molar-refractivity contribution in [1.29, 1.82) is 0 Å². The SMILES string of the molecule is C#CC(OC(=O)C1=C(C)NC(C)=C(C(=O)OCC=Cc2ccccc2)C1c1cccc([N+](=O)[O-])c1)c1ccccc1. The third-order valence-corrected chi connectivity index (χ3v) is 6.51. The van der Waals surface area contributed by atoms with Gasteiger partial charge in [-0.2, -0.15) is 0 Å². The van der Waals surface area contributed by atoms with Crippen molar-refractivity contribution in [2.45, 2.75) is 25.9 Å². The average Bonchev–Trinajstić information content (AvgIpc) is 2.98. The van der Waals surface area contributed by atoms with Crippen LogP contribution in [0.5, 0.6) is 0 Å². The quantitative estimate of drug-likeness (QED) is 0.151. The molecule has 0 saturated heterocycles. The summed E-state index contributed by atoms with van der Waals surface area (Å²) >= 11 is 0. The molecule has 0 aliphatic carbocycles. The molecule has 2 atom stereocenters. The van der Waals surface area contributed by atoms with Crippen molar-refractivity contribution in [3.05, 3.63) is 140 Å². The van der Waals surface area contributed by atoms with Crippen LogP contribution in [0.3, 0.4) is 0 Å². The molecule has 0 bridgehead atoms. The number of allylic oxidation sites excluding steroid dienone is 2. The summed E-state index contributed by atoms with van der Waals surface area (Å²) in [7, 11) is 0. The van der Waals surface area contributed by atoms with E-state index >= 15 is 0 Å². The molecule has 0 fully saturated rings. The van der Waals surface area contributed by atoms with Crippen molar-refractivity contribution < 1.29 is 24.0 Å². The number of non-ortho nitro benzene ring substituents is 1. The average molecular weight is 549 g/mol. The van der Waals surface area contributed by atoms with Crippen molar-refractivity contribution in [3.8, 4) is 12.3 Å². The summed E-state index contributed by atoms with van der Waals surface area (Å²) in [6, 6.07) is 24.2. The van der Waals surface area contributed by atoms with Gasteiger partial charge in [-0.25, -0.2) is 9.59 Å². The maximum Gasteiger partial charge on any atom is 0.338 e.